The monoisotopic (exact) mass is 416 g/mol. The quantitative estimate of drug-likeness (QED) is 0.749. The minimum atomic E-state index is -0.377. The molecule has 1 atom stereocenters. The lowest BCUT2D eigenvalue weighted by atomic mass is 10.1. The third-order valence-electron chi connectivity index (χ3n) is 5.92. The van der Waals surface area contributed by atoms with Gasteiger partial charge in [-0.25, -0.2) is 0 Å². The number of piperazine rings is 1. The first kappa shape index (κ1) is 20.6. The fraction of sp³-hybridized carbons (Fsp3) is 0.292. The number of benzene rings is 2. The predicted octanol–water partition coefficient (Wildman–Crippen LogP) is 2.53. The number of ether oxygens (including phenoxy) is 1. The van der Waals surface area contributed by atoms with Crippen LogP contribution in [0.2, 0.25) is 0 Å². The van der Waals surface area contributed by atoms with Gasteiger partial charge in [0.05, 0.1) is 13.2 Å². The Bertz CT molecular complexity index is 1010. The Labute approximate surface area is 181 Å². The third kappa shape index (κ3) is 3.90. The highest BCUT2D eigenvalue weighted by molar-refractivity contribution is 6.10. The molecule has 7 heteroatoms. The van der Waals surface area contributed by atoms with Gasteiger partial charge in [-0.2, -0.15) is 5.26 Å². The maximum absolute atomic E-state index is 12.9. The molecule has 2 aromatic rings. The van der Waals surface area contributed by atoms with Crippen molar-refractivity contribution in [1.29, 1.82) is 5.26 Å². The highest BCUT2D eigenvalue weighted by Crippen LogP contribution is 2.31. The summed E-state index contributed by atoms with van der Waals surface area (Å²) in [4.78, 5) is 30.8. The van der Waals surface area contributed by atoms with Gasteiger partial charge < -0.3 is 9.64 Å². The summed E-state index contributed by atoms with van der Waals surface area (Å²) in [6.07, 6.45) is 0. The van der Waals surface area contributed by atoms with Gasteiger partial charge in [0.15, 0.2) is 0 Å². The Kier molecular flexibility index (Phi) is 5.74. The van der Waals surface area contributed by atoms with Crippen LogP contribution in [0.3, 0.4) is 0 Å². The molecule has 1 unspecified atom stereocenters. The van der Waals surface area contributed by atoms with E-state index in [1.54, 1.807) is 18.1 Å². The van der Waals surface area contributed by atoms with Gasteiger partial charge in [0.25, 0.3) is 5.91 Å². The largest absolute Gasteiger partial charge is 0.497 e. The number of carbonyl (C=O) groups excluding carboxylic acids is 2. The Balaban J connectivity index is 1.36. The lowest BCUT2D eigenvalue weighted by molar-refractivity contribution is -0.133. The number of methoxy groups -OCH3 is 1. The number of fused-ring (bicyclic) bond motifs is 1. The second-order valence-electron chi connectivity index (χ2n) is 7.61. The molecule has 0 spiro atoms. The zero-order chi connectivity index (χ0) is 22.0. The van der Waals surface area contributed by atoms with E-state index >= 15 is 0 Å². The van der Waals surface area contributed by atoms with Crippen LogP contribution in [0, 0.1) is 11.3 Å². The van der Waals surface area contributed by atoms with Crippen LogP contribution < -0.4 is 4.74 Å². The minimum absolute atomic E-state index is 0.0213. The molecule has 0 bridgehead atoms. The zero-order valence-corrected chi connectivity index (χ0v) is 17.5. The van der Waals surface area contributed by atoms with Crippen LogP contribution in [-0.2, 0) is 4.79 Å². The van der Waals surface area contributed by atoms with Gasteiger partial charge in [0, 0.05) is 43.0 Å². The van der Waals surface area contributed by atoms with E-state index in [1.165, 1.54) is 4.90 Å². The van der Waals surface area contributed by atoms with Crippen molar-refractivity contribution in [3.05, 3.63) is 71.8 Å². The lowest BCUT2D eigenvalue weighted by Gasteiger charge is -2.37. The van der Waals surface area contributed by atoms with Gasteiger partial charge in [-0.15, -0.1) is 0 Å². The predicted molar refractivity (Wildman–Crippen MR) is 116 cm³/mol. The zero-order valence-electron chi connectivity index (χ0n) is 17.5. The molecule has 2 amide bonds. The molecule has 2 heterocycles. The molecule has 0 N–H and O–H groups in total. The molecule has 2 aliphatic heterocycles. The van der Waals surface area contributed by atoms with E-state index in [9.17, 15) is 14.9 Å². The maximum Gasteiger partial charge on any atom is 0.259 e. The summed E-state index contributed by atoms with van der Waals surface area (Å²) in [6, 6.07) is 16.7. The molecule has 2 aliphatic rings. The maximum atomic E-state index is 12.9. The summed E-state index contributed by atoms with van der Waals surface area (Å²) in [5, 5.41) is 9.71. The van der Waals surface area contributed by atoms with Crippen LogP contribution in [0.4, 0.5) is 0 Å². The number of nitrogens with zero attached hydrogens (tertiary/aromatic N) is 4. The average molecular weight is 416 g/mol. The van der Waals surface area contributed by atoms with E-state index in [0.29, 0.717) is 37.4 Å². The Hall–Kier alpha value is -3.63. The SMILES string of the molecule is C=C1c2ccccc2C(=O)N1CC(=O)N1CCN(C(C#N)c2ccc(OC)cc2)CC1. The third-order valence-corrected chi connectivity index (χ3v) is 5.92. The van der Waals surface area contributed by atoms with Gasteiger partial charge in [0.2, 0.25) is 5.91 Å². The number of amides is 2. The smallest absolute Gasteiger partial charge is 0.259 e. The van der Waals surface area contributed by atoms with Crippen molar-refractivity contribution in [2.75, 3.05) is 39.8 Å². The van der Waals surface area contributed by atoms with Crippen LogP contribution in [0.25, 0.3) is 5.70 Å². The van der Waals surface area contributed by atoms with Gasteiger partial charge in [-0.3, -0.25) is 19.4 Å². The van der Waals surface area contributed by atoms with Crippen molar-refractivity contribution in [3.8, 4) is 11.8 Å². The van der Waals surface area contributed by atoms with Crippen LogP contribution in [0.15, 0.2) is 55.1 Å². The summed E-state index contributed by atoms with van der Waals surface area (Å²) in [6.45, 7) is 6.17. The minimum Gasteiger partial charge on any atom is -0.497 e. The molecule has 1 fully saturated rings. The summed E-state index contributed by atoms with van der Waals surface area (Å²) < 4.78 is 5.18. The lowest BCUT2D eigenvalue weighted by Crippen LogP contribution is -2.51. The van der Waals surface area contributed by atoms with Crippen LogP contribution in [0.1, 0.15) is 27.5 Å². The van der Waals surface area contributed by atoms with Crippen LogP contribution >= 0.6 is 0 Å². The average Bonchev–Trinajstić information content (AvgIpc) is 3.05. The van der Waals surface area contributed by atoms with Crippen LogP contribution in [0.5, 0.6) is 5.75 Å². The van der Waals surface area contributed by atoms with Crippen molar-refractivity contribution in [2.24, 2.45) is 0 Å². The molecule has 0 aromatic heterocycles. The molecule has 1 saturated heterocycles. The van der Waals surface area contributed by atoms with Crippen molar-refractivity contribution in [1.82, 2.24) is 14.7 Å². The molecule has 31 heavy (non-hydrogen) atoms. The standard InChI is InChI=1S/C24H24N4O3/c1-17-20-5-3-4-6-21(20)24(30)28(17)16-23(29)27-13-11-26(12-14-27)22(15-25)18-7-9-19(31-2)10-8-18/h3-10,22H,1,11-14,16H2,2H3. The topological polar surface area (TPSA) is 76.9 Å². The molecule has 158 valence electrons. The van der Waals surface area contributed by atoms with Crippen molar-refractivity contribution >= 4 is 17.5 Å². The van der Waals surface area contributed by atoms with Crippen molar-refractivity contribution in [2.45, 2.75) is 6.04 Å². The number of hydrogen-bond acceptors (Lipinski definition) is 5. The first-order valence-corrected chi connectivity index (χ1v) is 10.2. The van der Waals surface area contributed by atoms with Gasteiger partial charge in [-0.1, -0.05) is 36.9 Å². The van der Waals surface area contributed by atoms with E-state index in [2.05, 4.69) is 17.5 Å². The summed E-state index contributed by atoms with van der Waals surface area (Å²) >= 11 is 0. The first-order chi connectivity index (χ1) is 15.0. The fourth-order valence-electron chi connectivity index (χ4n) is 4.12. The second kappa shape index (κ2) is 8.62. The summed E-state index contributed by atoms with van der Waals surface area (Å²) in [5.41, 5.74) is 2.83. The van der Waals surface area contributed by atoms with Gasteiger partial charge in [-0.05, 0) is 23.8 Å². The highest BCUT2D eigenvalue weighted by Gasteiger charge is 2.34. The van der Waals surface area contributed by atoms with Crippen molar-refractivity contribution < 1.29 is 14.3 Å². The number of nitriles is 1. The van der Waals surface area contributed by atoms with E-state index in [0.717, 1.165) is 16.9 Å². The van der Waals surface area contributed by atoms with Crippen LogP contribution in [-0.4, -0.2) is 66.3 Å². The molecule has 0 saturated carbocycles. The molecule has 0 aliphatic carbocycles. The molecule has 2 aromatic carbocycles. The summed E-state index contributed by atoms with van der Waals surface area (Å²) in [7, 11) is 1.61. The van der Waals surface area contributed by atoms with E-state index in [1.807, 2.05) is 42.5 Å². The van der Waals surface area contributed by atoms with Crippen molar-refractivity contribution in [3.63, 3.8) is 0 Å². The summed E-state index contributed by atoms with van der Waals surface area (Å²) in [5.74, 6) is 0.451. The second-order valence-corrected chi connectivity index (χ2v) is 7.61. The van der Waals surface area contributed by atoms with E-state index < -0.39 is 0 Å². The Morgan fingerprint density at radius 3 is 2.32 bits per heavy atom. The first-order valence-electron chi connectivity index (χ1n) is 10.2. The van der Waals surface area contributed by atoms with Gasteiger partial charge in [0.1, 0.15) is 18.3 Å². The number of rotatable bonds is 5. The molecule has 4 rings (SSSR count). The molecule has 7 nitrogen and oxygen atoms in total. The van der Waals surface area contributed by atoms with E-state index in [-0.39, 0.29) is 24.4 Å². The number of hydrogen-bond donors (Lipinski definition) is 0. The Morgan fingerprint density at radius 1 is 1.10 bits per heavy atom. The molecule has 0 radical (unpaired) electrons. The normalized spacial score (nSPS) is 17.3. The molecular weight excluding hydrogens is 392 g/mol. The number of carbonyl (C=O) groups is 2. The van der Waals surface area contributed by atoms with Gasteiger partial charge >= 0.3 is 0 Å². The highest BCUT2D eigenvalue weighted by atomic mass is 16.5. The fourth-order valence-corrected chi connectivity index (χ4v) is 4.12. The molecular formula is C24H24N4O3. The Morgan fingerprint density at radius 2 is 1.74 bits per heavy atom. The van der Waals surface area contributed by atoms with E-state index in [4.69, 9.17) is 4.74 Å².